The molecule has 1 amide bonds. The Bertz CT molecular complexity index is 1110. The predicted molar refractivity (Wildman–Crippen MR) is 111 cm³/mol. The number of nitrogens with one attached hydrogen (secondary N) is 2. The van der Waals surface area contributed by atoms with Crippen LogP contribution in [0, 0.1) is 0 Å². The zero-order chi connectivity index (χ0) is 21.1. The molecule has 2 aromatic carbocycles. The van der Waals surface area contributed by atoms with Crippen molar-refractivity contribution >= 4 is 41.1 Å². The van der Waals surface area contributed by atoms with Gasteiger partial charge in [-0.3, -0.25) is 10.1 Å². The largest absolute Gasteiger partial charge is 0.550 e. The number of rotatable bonds is 6. The van der Waals surface area contributed by atoms with Crippen molar-refractivity contribution in [2.45, 2.75) is 18.9 Å². The van der Waals surface area contributed by atoms with E-state index in [1.54, 1.807) is 16.8 Å². The van der Waals surface area contributed by atoms with Gasteiger partial charge in [0.05, 0.1) is 0 Å². The number of amides is 1. The van der Waals surface area contributed by atoms with Gasteiger partial charge in [0.1, 0.15) is 6.04 Å². The first kappa shape index (κ1) is 19.7. The number of carbonyl (C=O) groups excluding carboxylic acids is 2. The number of anilines is 2. The van der Waals surface area contributed by atoms with Crippen LogP contribution in [0.5, 0.6) is 0 Å². The topological polar surface area (TPSA) is 112 Å². The minimum Gasteiger partial charge on any atom is -0.550 e. The van der Waals surface area contributed by atoms with E-state index in [0.29, 0.717) is 11.0 Å². The zero-order valence-corrected chi connectivity index (χ0v) is 16.5. The third-order valence-corrected chi connectivity index (χ3v) is 4.82. The van der Waals surface area contributed by atoms with Crippen LogP contribution in [-0.4, -0.2) is 26.6 Å². The van der Waals surface area contributed by atoms with Crippen LogP contribution in [0.25, 0.3) is 5.70 Å². The van der Waals surface area contributed by atoms with Crippen LogP contribution in [0.15, 0.2) is 60.7 Å². The number of aliphatic carboxylic acids is 1. The van der Waals surface area contributed by atoms with Gasteiger partial charge >= 0.3 is 0 Å². The van der Waals surface area contributed by atoms with Crippen molar-refractivity contribution in [2.75, 3.05) is 10.6 Å². The minimum atomic E-state index is -1.29. The summed E-state index contributed by atoms with van der Waals surface area (Å²) in [4.78, 5) is 26.9. The average Bonchev–Trinajstić information content (AvgIpc) is 3.15. The molecular formula is C21H17ClN5O3-. The van der Waals surface area contributed by atoms with E-state index in [2.05, 4.69) is 20.7 Å². The normalized spacial score (nSPS) is 15.0. The van der Waals surface area contributed by atoms with Crippen molar-refractivity contribution < 1.29 is 14.7 Å². The van der Waals surface area contributed by atoms with Crippen molar-refractivity contribution in [3.8, 4) is 0 Å². The monoisotopic (exact) mass is 422 g/mol. The quantitative estimate of drug-likeness (QED) is 0.631. The van der Waals surface area contributed by atoms with Crippen molar-refractivity contribution in [1.29, 1.82) is 0 Å². The highest BCUT2D eigenvalue weighted by Gasteiger charge is 2.25. The lowest BCUT2D eigenvalue weighted by atomic mass is 10.0. The fraction of sp³-hybridized carbons (Fsp3) is 0.143. The van der Waals surface area contributed by atoms with E-state index >= 15 is 0 Å². The zero-order valence-electron chi connectivity index (χ0n) is 15.7. The van der Waals surface area contributed by atoms with Crippen LogP contribution in [-0.2, 0) is 9.59 Å². The summed E-state index contributed by atoms with van der Waals surface area (Å²) < 4.78 is 1.66. The first-order chi connectivity index (χ1) is 14.5. The van der Waals surface area contributed by atoms with Crippen LogP contribution < -0.4 is 15.7 Å². The molecule has 1 atom stereocenters. The average molecular weight is 423 g/mol. The standard InChI is InChI=1S/C21H18ClN5O3/c22-15-8-6-14(7-9-15)17-12-16(13-4-2-1-3-5-13)23-21-25-20(26-27(17)21)24-18(28)10-11-19(29)30/h1-9,12,17H,10-11H2,(H,29,30)(H2,23,24,25,26,28)/p-1/t17-/m0/s1. The molecule has 0 saturated carbocycles. The number of halogens is 1. The van der Waals surface area contributed by atoms with Gasteiger partial charge in [-0.25, -0.2) is 4.68 Å². The number of hydrogen-bond donors (Lipinski definition) is 2. The van der Waals surface area contributed by atoms with E-state index in [1.165, 1.54) is 0 Å². The number of nitrogens with zero attached hydrogens (tertiary/aromatic N) is 3. The number of allylic oxidation sites excluding steroid dienone is 1. The Kier molecular flexibility index (Phi) is 5.49. The van der Waals surface area contributed by atoms with Gasteiger partial charge in [-0.05, 0) is 35.8 Å². The van der Waals surface area contributed by atoms with Crippen LogP contribution >= 0.6 is 11.6 Å². The van der Waals surface area contributed by atoms with E-state index in [0.717, 1.165) is 16.8 Å². The summed E-state index contributed by atoms with van der Waals surface area (Å²) in [6.07, 6.45) is 1.43. The molecule has 9 heteroatoms. The Morgan fingerprint density at radius 1 is 1.10 bits per heavy atom. The fourth-order valence-corrected chi connectivity index (χ4v) is 3.26. The van der Waals surface area contributed by atoms with Crippen molar-refractivity contribution in [1.82, 2.24) is 14.8 Å². The Labute approximate surface area is 177 Å². The molecule has 0 aliphatic carbocycles. The maximum Gasteiger partial charge on any atom is 0.250 e. The van der Waals surface area contributed by atoms with Gasteiger partial charge in [0.25, 0.3) is 5.95 Å². The highest BCUT2D eigenvalue weighted by molar-refractivity contribution is 6.30. The molecule has 30 heavy (non-hydrogen) atoms. The fourth-order valence-electron chi connectivity index (χ4n) is 3.13. The lowest BCUT2D eigenvalue weighted by Gasteiger charge is -2.24. The first-order valence-corrected chi connectivity index (χ1v) is 9.63. The highest BCUT2D eigenvalue weighted by Crippen LogP contribution is 2.33. The van der Waals surface area contributed by atoms with Gasteiger partial charge in [0.2, 0.25) is 11.9 Å². The molecule has 0 spiro atoms. The molecular weight excluding hydrogens is 406 g/mol. The summed E-state index contributed by atoms with van der Waals surface area (Å²) in [5.74, 6) is -1.25. The Morgan fingerprint density at radius 2 is 1.83 bits per heavy atom. The van der Waals surface area contributed by atoms with Gasteiger partial charge in [-0.1, -0.05) is 54.1 Å². The summed E-state index contributed by atoms with van der Waals surface area (Å²) in [6, 6.07) is 16.9. The molecule has 0 saturated heterocycles. The maximum absolute atomic E-state index is 12.0. The highest BCUT2D eigenvalue weighted by atomic mass is 35.5. The number of aromatic nitrogens is 3. The molecule has 4 rings (SSSR count). The van der Waals surface area contributed by atoms with E-state index < -0.39 is 11.9 Å². The van der Waals surface area contributed by atoms with Gasteiger partial charge in [0, 0.05) is 23.1 Å². The third kappa shape index (κ3) is 4.33. The maximum atomic E-state index is 12.0. The summed E-state index contributed by atoms with van der Waals surface area (Å²) in [5.41, 5.74) is 2.77. The van der Waals surface area contributed by atoms with Crippen LogP contribution in [0.4, 0.5) is 11.9 Å². The summed E-state index contributed by atoms with van der Waals surface area (Å²) in [6.45, 7) is 0. The second-order valence-corrected chi connectivity index (χ2v) is 7.13. The number of hydrogen-bond acceptors (Lipinski definition) is 6. The number of carboxylic acid groups (broad SMARTS) is 1. The van der Waals surface area contributed by atoms with E-state index in [4.69, 9.17) is 11.6 Å². The Balaban J connectivity index is 1.66. The first-order valence-electron chi connectivity index (χ1n) is 9.25. The van der Waals surface area contributed by atoms with Gasteiger partial charge in [-0.2, -0.15) is 4.98 Å². The van der Waals surface area contributed by atoms with Crippen LogP contribution in [0.2, 0.25) is 5.02 Å². The third-order valence-electron chi connectivity index (χ3n) is 4.57. The number of carbonyl (C=O) groups is 2. The Hall–Kier alpha value is -3.65. The molecule has 0 radical (unpaired) electrons. The molecule has 0 bridgehead atoms. The van der Waals surface area contributed by atoms with Crippen molar-refractivity contribution in [2.24, 2.45) is 0 Å². The van der Waals surface area contributed by atoms with Gasteiger partial charge in [0.15, 0.2) is 0 Å². The molecule has 2 heterocycles. The molecule has 152 valence electrons. The lowest BCUT2D eigenvalue weighted by molar-refractivity contribution is -0.305. The van der Waals surface area contributed by atoms with Crippen molar-refractivity contribution in [3.63, 3.8) is 0 Å². The van der Waals surface area contributed by atoms with E-state index in [1.807, 2.05) is 48.5 Å². The number of benzene rings is 2. The van der Waals surface area contributed by atoms with Crippen LogP contribution in [0.1, 0.15) is 30.0 Å². The number of fused-ring (bicyclic) bond motifs is 1. The van der Waals surface area contributed by atoms with Gasteiger partial charge < -0.3 is 15.2 Å². The molecule has 1 aliphatic rings. The van der Waals surface area contributed by atoms with Crippen molar-refractivity contribution in [3.05, 3.63) is 76.8 Å². The predicted octanol–water partition coefficient (Wildman–Crippen LogP) is 2.46. The van der Waals surface area contributed by atoms with Gasteiger partial charge in [-0.15, -0.1) is 5.10 Å². The summed E-state index contributed by atoms with van der Waals surface area (Å²) >= 11 is 6.03. The second kappa shape index (κ2) is 8.38. The van der Waals surface area contributed by atoms with E-state index in [9.17, 15) is 14.7 Å². The Morgan fingerprint density at radius 3 is 2.53 bits per heavy atom. The molecule has 2 N–H and O–H groups in total. The molecule has 1 aromatic heterocycles. The van der Waals surface area contributed by atoms with E-state index in [-0.39, 0.29) is 24.8 Å². The molecule has 3 aromatic rings. The SMILES string of the molecule is O=C([O-])CCC(=O)Nc1nc2n(n1)[C@H](c1ccc(Cl)cc1)C=C(c1ccccc1)N2. The molecule has 0 unspecified atom stereocenters. The van der Waals surface area contributed by atoms with Crippen LogP contribution in [0.3, 0.4) is 0 Å². The second-order valence-electron chi connectivity index (χ2n) is 6.69. The number of carboxylic acids is 1. The molecule has 0 fully saturated rings. The summed E-state index contributed by atoms with van der Waals surface area (Å²) in [5, 5.41) is 21.3. The lowest BCUT2D eigenvalue weighted by Crippen LogP contribution is -2.24. The summed E-state index contributed by atoms with van der Waals surface area (Å²) in [7, 11) is 0. The smallest absolute Gasteiger partial charge is 0.250 e. The molecule has 8 nitrogen and oxygen atoms in total. The minimum absolute atomic E-state index is 0.0857. The molecule has 1 aliphatic heterocycles.